The average Bonchev–Trinajstić information content (AvgIpc) is 3.19. The summed E-state index contributed by atoms with van der Waals surface area (Å²) in [4.78, 5) is 1.01. The van der Waals surface area contributed by atoms with Gasteiger partial charge in [-0.1, -0.05) is 16.8 Å². The number of thiophene rings is 1. The Balaban J connectivity index is 1.69. The largest absolute Gasteiger partial charge is 0.386 e. The average molecular weight is 380 g/mol. The predicted molar refractivity (Wildman–Crippen MR) is 92.1 cm³/mol. The van der Waals surface area contributed by atoms with Gasteiger partial charge in [0.2, 0.25) is 0 Å². The molecule has 132 valence electrons. The number of fused-ring (bicyclic) bond motifs is 2. The van der Waals surface area contributed by atoms with E-state index >= 15 is 0 Å². The Labute approximate surface area is 154 Å². The summed E-state index contributed by atoms with van der Waals surface area (Å²) in [5.41, 5.74) is 1.18. The molecule has 2 aliphatic rings. The Kier molecular flexibility index (Phi) is 4.30. The number of ether oxygens (including phenoxy) is 1. The first-order valence-electron chi connectivity index (χ1n) is 8.15. The van der Waals surface area contributed by atoms with Gasteiger partial charge in [0.05, 0.1) is 34.9 Å². The van der Waals surface area contributed by atoms with Gasteiger partial charge < -0.3 is 15.2 Å². The maximum atomic E-state index is 10.3. The van der Waals surface area contributed by atoms with E-state index < -0.39 is 11.7 Å². The van der Waals surface area contributed by atoms with Gasteiger partial charge in [-0.2, -0.15) is 5.26 Å². The summed E-state index contributed by atoms with van der Waals surface area (Å²) < 4.78 is 8.38. The summed E-state index contributed by atoms with van der Waals surface area (Å²) in [5, 5.41) is 30.8. The number of nitrogens with zero attached hydrogens (tertiary/aromatic N) is 4. The van der Waals surface area contributed by atoms with Crippen molar-refractivity contribution in [2.75, 3.05) is 6.61 Å². The smallest absolute Gasteiger partial charge is 0.129 e. The summed E-state index contributed by atoms with van der Waals surface area (Å²) in [6.45, 7) is 2.55. The fraction of sp³-hybridized carbons (Fsp3) is 0.562. The van der Waals surface area contributed by atoms with Crippen molar-refractivity contribution in [1.82, 2.24) is 20.3 Å². The highest BCUT2D eigenvalue weighted by atomic mass is 35.5. The number of piperidine rings is 1. The minimum atomic E-state index is -0.635. The third kappa shape index (κ3) is 2.96. The number of halogens is 1. The number of aliphatic hydroxyl groups is 1. The lowest BCUT2D eigenvalue weighted by atomic mass is 9.79. The zero-order valence-corrected chi connectivity index (χ0v) is 15.2. The molecule has 1 spiro atoms. The summed E-state index contributed by atoms with van der Waals surface area (Å²) in [6, 6.07) is 4.07. The number of nitrogens with one attached hydrogen (secondary N) is 1. The van der Waals surface area contributed by atoms with Gasteiger partial charge in [0.15, 0.2) is 0 Å². The molecular formula is C16H18ClN5O2S. The maximum Gasteiger partial charge on any atom is 0.129 e. The Morgan fingerprint density at radius 1 is 1.60 bits per heavy atom. The quantitative estimate of drug-likeness (QED) is 0.831. The van der Waals surface area contributed by atoms with Gasteiger partial charge in [-0.15, -0.1) is 16.4 Å². The number of hydrogen-bond acceptors (Lipinski definition) is 7. The Morgan fingerprint density at radius 2 is 2.44 bits per heavy atom. The van der Waals surface area contributed by atoms with Crippen LogP contribution in [-0.4, -0.2) is 32.7 Å². The van der Waals surface area contributed by atoms with Crippen LogP contribution < -0.4 is 5.32 Å². The lowest BCUT2D eigenvalue weighted by molar-refractivity contribution is -0.129. The molecule has 4 heterocycles. The van der Waals surface area contributed by atoms with Crippen LogP contribution in [0.15, 0.2) is 12.3 Å². The van der Waals surface area contributed by atoms with E-state index in [0.29, 0.717) is 10.8 Å². The Bertz CT molecular complexity index is 831. The molecule has 0 aromatic carbocycles. The number of nitriles is 1. The van der Waals surface area contributed by atoms with E-state index in [9.17, 15) is 5.11 Å². The molecule has 25 heavy (non-hydrogen) atoms. The second kappa shape index (κ2) is 6.34. The highest BCUT2D eigenvalue weighted by Crippen LogP contribution is 2.51. The summed E-state index contributed by atoms with van der Waals surface area (Å²) in [7, 11) is 0. The Morgan fingerprint density at radius 3 is 3.24 bits per heavy atom. The van der Waals surface area contributed by atoms with E-state index in [1.807, 2.05) is 6.07 Å². The first-order valence-corrected chi connectivity index (χ1v) is 9.35. The van der Waals surface area contributed by atoms with E-state index in [2.05, 4.69) is 28.6 Å². The van der Waals surface area contributed by atoms with Gasteiger partial charge >= 0.3 is 0 Å². The fourth-order valence-corrected chi connectivity index (χ4v) is 5.31. The Hall–Kier alpha value is -1.50. The van der Waals surface area contributed by atoms with Crippen molar-refractivity contribution in [1.29, 1.82) is 5.26 Å². The molecule has 1 fully saturated rings. The van der Waals surface area contributed by atoms with Crippen LogP contribution in [0.5, 0.6) is 0 Å². The maximum absolute atomic E-state index is 10.3. The molecule has 0 unspecified atom stereocenters. The number of hydrogen-bond donors (Lipinski definition) is 2. The van der Waals surface area contributed by atoms with Crippen molar-refractivity contribution in [3.63, 3.8) is 0 Å². The van der Waals surface area contributed by atoms with Crippen LogP contribution in [0.25, 0.3) is 0 Å². The molecule has 2 aromatic heterocycles. The molecule has 4 rings (SSSR count). The van der Waals surface area contributed by atoms with E-state index in [1.54, 1.807) is 6.20 Å². The first-order chi connectivity index (χ1) is 12.0. The van der Waals surface area contributed by atoms with Crippen molar-refractivity contribution in [3.05, 3.63) is 32.7 Å². The third-order valence-corrected chi connectivity index (χ3v) is 6.29. The van der Waals surface area contributed by atoms with Crippen molar-refractivity contribution in [2.24, 2.45) is 0 Å². The van der Waals surface area contributed by atoms with Crippen LogP contribution in [0.1, 0.15) is 48.0 Å². The molecule has 0 bridgehead atoms. The van der Waals surface area contributed by atoms with Crippen LogP contribution in [0.3, 0.4) is 0 Å². The minimum absolute atomic E-state index is 0.0415. The molecule has 9 heteroatoms. The molecule has 7 nitrogen and oxygen atoms in total. The van der Waals surface area contributed by atoms with Gasteiger partial charge in [0.25, 0.3) is 0 Å². The number of aliphatic hydroxyl groups excluding tert-OH is 1. The van der Waals surface area contributed by atoms with Crippen LogP contribution in [0.4, 0.5) is 0 Å². The normalized spacial score (nSPS) is 31.7. The molecule has 0 aliphatic carbocycles. The summed E-state index contributed by atoms with van der Waals surface area (Å²) in [5.74, 6) is 0. The van der Waals surface area contributed by atoms with Crippen molar-refractivity contribution in [2.45, 2.75) is 50.1 Å². The fourth-order valence-electron chi connectivity index (χ4n) is 3.86. The lowest BCUT2D eigenvalue weighted by Gasteiger charge is -2.46. The summed E-state index contributed by atoms with van der Waals surface area (Å²) >= 11 is 7.71. The molecule has 0 radical (unpaired) electrons. The predicted octanol–water partition coefficient (Wildman–Crippen LogP) is 2.29. The van der Waals surface area contributed by atoms with Crippen LogP contribution in [0.2, 0.25) is 4.34 Å². The van der Waals surface area contributed by atoms with Gasteiger partial charge in [-0.3, -0.25) is 0 Å². The second-order valence-electron chi connectivity index (χ2n) is 6.68. The van der Waals surface area contributed by atoms with E-state index in [0.717, 1.165) is 22.6 Å². The van der Waals surface area contributed by atoms with E-state index in [4.69, 9.17) is 21.6 Å². The van der Waals surface area contributed by atoms with Crippen LogP contribution in [-0.2, 0) is 16.9 Å². The molecule has 2 aromatic rings. The monoisotopic (exact) mass is 379 g/mol. The van der Waals surface area contributed by atoms with Gasteiger partial charge in [0.1, 0.15) is 18.2 Å². The topological polar surface area (TPSA) is 96.0 Å². The van der Waals surface area contributed by atoms with E-state index in [-0.39, 0.29) is 25.2 Å². The van der Waals surface area contributed by atoms with Crippen molar-refractivity contribution in [3.8, 4) is 6.07 Å². The molecule has 1 saturated heterocycles. The standard InChI is InChI=1S/C16H18ClN5O2S/c1-9-5-16(15-10(4-14(17)25-15)13(23)8-24-16)6-11(19-9)12-7-22(3-2-18)21-20-12/h4,7,9,11,13,19,23H,3,5-6,8H2,1H3/t9-,11-,13+,16-/m0/s1. The highest BCUT2D eigenvalue weighted by Gasteiger charge is 2.48. The van der Waals surface area contributed by atoms with Gasteiger partial charge in [0, 0.05) is 22.9 Å². The molecule has 0 saturated carbocycles. The van der Waals surface area contributed by atoms with Crippen LogP contribution >= 0.6 is 22.9 Å². The zero-order valence-electron chi connectivity index (χ0n) is 13.6. The molecule has 2 N–H and O–H groups in total. The molecule has 2 aliphatic heterocycles. The van der Waals surface area contributed by atoms with Gasteiger partial charge in [-0.25, -0.2) is 4.68 Å². The minimum Gasteiger partial charge on any atom is -0.386 e. The van der Waals surface area contributed by atoms with Crippen molar-refractivity contribution < 1.29 is 9.84 Å². The number of rotatable bonds is 2. The summed E-state index contributed by atoms with van der Waals surface area (Å²) in [6.07, 6.45) is 2.64. The van der Waals surface area contributed by atoms with Crippen LogP contribution in [0, 0.1) is 11.3 Å². The number of aromatic nitrogens is 3. The first kappa shape index (κ1) is 16.9. The SMILES string of the molecule is C[C@H]1C[C@@]2(C[C@@H](c3cn(CC#N)nn3)N1)OC[C@@H](O)c1cc(Cl)sc12. The third-order valence-electron chi connectivity index (χ3n) is 4.82. The molecule has 4 atom stereocenters. The second-order valence-corrected chi connectivity index (χ2v) is 8.37. The lowest BCUT2D eigenvalue weighted by Crippen LogP contribution is -2.50. The van der Waals surface area contributed by atoms with E-state index in [1.165, 1.54) is 16.0 Å². The van der Waals surface area contributed by atoms with Crippen molar-refractivity contribution >= 4 is 22.9 Å². The zero-order chi connectivity index (χ0) is 17.6. The van der Waals surface area contributed by atoms with Gasteiger partial charge in [-0.05, 0) is 19.4 Å². The highest BCUT2D eigenvalue weighted by molar-refractivity contribution is 7.16. The molecular weight excluding hydrogens is 362 g/mol. The molecule has 0 amide bonds.